The molecule has 1 fully saturated rings. The number of nitrogens with two attached hydrogens (primary N) is 1. The van der Waals surface area contributed by atoms with Crippen LogP contribution in [0, 0.1) is 5.82 Å². The Morgan fingerprint density at radius 3 is 2.64 bits per heavy atom. The van der Waals surface area contributed by atoms with E-state index in [1.807, 2.05) is 0 Å². The summed E-state index contributed by atoms with van der Waals surface area (Å²) in [4.78, 5) is 13.1. The molecule has 0 spiro atoms. The predicted octanol–water partition coefficient (Wildman–Crippen LogP) is 3.10. The smallest absolute Gasteiger partial charge is 0.235 e. The molecule has 0 radical (unpaired) electrons. The number of amides is 1. The van der Waals surface area contributed by atoms with Gasteiger partial charge in [-0.1, -0.05) is 12.1 Å². The lowest BCUT2D eigenvalue weighted by Crippen LogP contribution is -2.44. The van der Waals surface area contributed by atoms with E-state index in [0.29, 0.717) is 48.7 Å². The molecule has 0 saturated carbocycles. The van der Waals surface area contributed by atoms with Gasteiger partial charge in [-0.3, -0.25) is 4.79 Å². The lowest BCUT2D eigenvalue weighted by atomic mass is 9.73. The maximum atomic E-state index is 13.7. The standard InChI is InChI=1S/C19H21FN2O3/c1-24-17-6-5-15(12-16(17)21)22-18(23)19(7-9-25-10-8-19)13-3-2-4-14(20)11-13/h2-6,11-12H,7-10,21H2,1H3,(H,22,23). The summed E-state index contributed by atoms with van der Waals surface area (Å²) in [6.07, 6.45) is 0.988. The summed E-state index contributed by atoms with van der Waals surface area (Å²) in [5, 5.41) is 2.91. The van der Waals surface area contributed by atoms with Crippen molar-refractivity contribution in [1.82, 2.24) is 0 Å². The third-order valence-corrected chi connectivity index (χ3v) is 4.65. The Hall–Kier alpha value is -2.60. The van der Waals surface area contributed by atoms with Gasteiger partial charge in [-0.2, -0.15) is 0 Å². The average molecular weight is 344 g/mol. The molecule has 132 valence electrons. The zero-order valence-electron chi connectivity index (χ0n) is 14.0. The summed E-state index contributed by atoms with van der Waals surface area (Å²) < 4.78 is 24.3. The fourth-order valence-electron chi connectivity index (χ4n) is 3.22. The number of nitrogens with one attached hydrogen (secondary N) is 1. The van der Waals surface area contributed by atoms with E-state index < -0.39 is 5.41 Å². The second-order valence-electron chi connectivity index (χ2n) is 6.12. The molecule has 25 heavy (non-hydrogen) atoms. The molecule has 6 heteroatoms. The van der Waals surface area contributed by atoms with Crippen molar-refractivity contribution in [1.29, 1.82) is 0 Å². The fraction of sp³-hybridized carbons (Fsp3) is 0.316. The van der Waals surface area contributed by atoms with Gasteiger partial charge in [-0.15, -0.1) is 0 Å². The average Bonchev–Trinajstić information content (AvgIpc) is 2.62. The molecule has 1 amide bonds. The van der Waals surface area contributed by atoms with Crippen LogP contribution >= 0.6 is 0 Å². The molecule has 3 N–H and O–H groups in total. The number of hydrogen-bond acceptors (Lipinski definition) is 4. The topological polar surface area (TPSA) is 73.6 Å². The monoisotopic (exact) mass is 344 g/mol. The van der Waals surface area contributed by atoms with E-state index in [2.05, 4.69) is 5.32 Å². The van der Waals surface area contributed by atoms with E-state index in [4.69, 9.17) is 15.2 Å². The minimum Gasteiger partial charge on any atom is -0.495 e. The van der Waals surface area contributed by atoms with Crippen LogP contribution in [0.5, 0.6) is 5.75 Å². The van der Waals surface area contributed by atoms with Gasteiger partial charge in [0.2, 0.25) is 5.91 Å². The molecule has 5 nitrogen and oxygen atoms in total. The number of rotatable bonds is 4. The van der Waals surface area contributed by atoms with Gasteiger partial charge in [0, 0.05) is 18.9 Å². The summed E-state index contributed by atoms with van der Waals surface area (Å²) in [6, 6.07) is 11.3. The Labute approximate surface area is 145 Å². The summed E-state index contributed by atoms with van der Waals surface area (Å²) in [5.41, 5.74) is 6.75. The highest BCUT2D eigenvalue weighted by Crippen LogP contribution is 2.37. The summed E-state index contributed by atoms with van der Waals surface area (Å²) >= 11 is 0. The van der Waals surface area contributed by atoms with Crippen molar-refractivity contribution in [3.8, 4) is 5.75 Å². The number of methoxy groups -OCH3 is 1. The molecule has 1 saturated heterocycles. The number of ether oxygens (including phenoxy) is 2. The molecule has 0 aromatic heterocycles. The van der Waals surface area contributed by atoms with E-state index >= 15 is 0 Å². The zero-order valence-corrected chi connectivity index (χ0v) is 14.0. The number of hydrogen-bond donors (Lipinski definition) is 2. The molecule has 0 unspecified atom stereocenters. The molecule has 0 aliphatic carbocycles. The van der Waals surface area contributed by atoms with Crippen LogP contribution in [0.3, 0.4) is 0 Å². The van der Waals surface area contributed by atoms with Crippen LogP contribution in [-0.2, 0) is 14.9 Å². The number of halogens is 1. The molecule has 3 rings (SSSR count). The first-order valence-corrected chi connectivity index (χ1v) is 8.14. The minimum atomic E-state index is -0.824. The van der Waals surface area contributed by atoms with Gasteiger partial charge < -0.3 is 20.5 Å². The minimum absolute atomic E-state index is 0.189. The second-order valence-corrected chi connectivity index (χ2v) is 6.12. The van der Waals surface area contributed by atoms with Gasteiger partial charge in [0.25, 0.3) is 0 Å². The number of carbonyl (C=O) groups is 1. The molecular formula is C19H21FN2O3. The van der Waals surface area contributed by atoms with Gasteiger partial charge in [-0.05, 0) is 48.7 Å². The third kappa shape index (κ3) is 3.44. The van der Waals surface area contributed by atoms with E-state index in [9.17, 15) is 9.18 Å². The van der Waals surface area contributed by atoms with Gasteiger partial charge in [-0.25, -0.2) is 4.39 Å². The zero-order chi connectivity index (χ0) is 17.9. The Kier molecular flexibility index (Phi) is 4.90. The maximum Gasteiger partial charge on any atom is 0.235 e. The highest BCUT2D eigenvalue weighted by atomic mass is 19.1. The highest BCUT2D eigenvalue weighted by molar-refractivity contribution is 5.99. The molecule has 0 bridgehead atoms. The van der Waals surface area contributed by atoms with Crippen LogP contribution in [0.25, 0.3) is 0 Å². The molecule has 1 aliphatic heterocycles. The Balaban J connectivity index is 1.91. The van der Waals surface area contributed by atoms with Crippen molar-refractivity contribution in [3.05, 3.63) is 53.8 Å². The quantitative estimate of drug-likeness (QED) is 0.836. The van der Waals surface area contributed by atoms with E-state index in [1.54, 1.807) is 30.3 Å². The van der Waals surface area contributed by atoms with Crippen molar-refractivity contribution in [2.75, 3.05) is 31.4 Å². The summed E-state index contributed by atoms with van der Waals surface area (Å²) in [5.74, 6) is -0.000246. The largest absolute Gasteiger partial charge is 0.495 e. The lowest BCUT2D eigenvalue weighted by molar-refractivity contribution is -0.125. The highest BCUT2D eigenvalue weighted by Gasteiger charge is 2.42. The molecule has 1 aliphatic rings. The third-order valence-electron chi connectivity index (χ3n) is 4.65. The van der Waals surface area contributed by atoms with E-state index in [0.717, 1.165) is 0 Å². The first-order chi connectivity index (χ1) is 12.0. The number of nitrogen functional groups attached to an aromatic ring is 1. The SMILES string of the molecule is COc1ccc(NC(=O)C2(c3cccc(F)c3)CCOCC2)cc1N. The fourth-order valence-corrected chi connectivity index (χ4v) is 3.22. The Bertz CT molecular complexity index is 773. The van der Waals surface area contributed by atoms with Crippen LogP contribution < -0.4 is 15.8 Å². The van der Waals surface area contributed by atoms with Crippen LogP contribution in [0.4, 0.5) is 15.8 Å². The molecule has 0 atom stereocenters. The van der Waals surface area contributed by atoms with Crippen LogP contribution in [0.15, 0.2) is 42.5 Å². The van der Waals surface area contributed by atoms with Gasteiger partial charge in [0.05, 0.1) is 18.2 Å². The van der Waals surface area contributed by atoms with Crippen molar-refractivity contribution < 1.29 is 18.7 Å². The lowest BCUT2D eigenvalue weighted by Gasteiger charge is -2.36. The summed E-state index contributed by atoms with van der Waals surface area (Å²) in [6.45, 7) is 0.906. The van der Waals surface area contributed by atoms with Crippen LogP contribution in [0.1, 0.15) is 18.4 Å². The number of anilines is 2. The van der Waals surface area contributed by atoms with Gasteiger partial charge in [0.1, 0.15) is 11.6 Å². The Morgan fingerprint density at radius 1 is 1.24 bits per heavy atom. The molecular weight excluding hydrogens is 323 g/mol. The van der Waals surface area contributed by atoms with Gasteiger partial charge in [0.15, 0.2) is 0 Å². The van der Waals surface area contributed by atoms with E-state index in [1.165, 1.54) is 19.2 Å². The predicted molar refractivity (Wildman–Crippen MR) is 94.2 cm³/mol. The van der Waals surface area contributed by atoms with E-state index in [-0.39, 0.29) is 11.7 Å². The first-order valence-electron chi connectivity index (χ1n) is 8.14. The van der Waals surface area contributed by atoms with Crippen molar-refractivity contribution in [2.24, 2.45) is 0 Å². The van der Waals surface area contributed by atoms with Gasteiger partial charge >= 0.3 is 0 Å². The molecule has 1 heterocycles. The van der Waals surface area contributed by atoms with Crippen molar-refractivity contribution in [3.63, 3.8) is 0 Å². The van der Waals surface area contributed by atoms with Crippen LogP contribution in [0.2, 0.25) is 0 Å². The van der Waals surface area contributed by atoms with Crippen LogP contribution in [-0.4, -0.2) is 26.2 Å². The Morgan fingerprint density at radius 2 is 2.00 bits per heavy atom. The normalized spacial score (nSPS) is 16.2. The molecule has 2 aromatic carbocycles. The van der Waals surface area contributed by atoms with Crippen molar-refractivity contribution >= 4 is 17.3 Å². The molecule has 2 aromatic rings. The summed E-state index contributed by atoms with van der Waals surface area (Å²) in [7, 11) is 1.53. The van der Waals surface area contributed by atoms with Crippen molar-refractivity contribution in [2.45, 2.75) is 18.3 Å². The number of carbonyl (C=O) groups excluding carboxylic acids is 1. The number of benzene rings is 2. The maximum absolute atomic E-state index is 13.7. The first kappa shape index (κ1) is 17.2. The second kappa shape index (κ2) is 7.11.